The Bertz CT molecular complexity index is 790. The summed E-state index contributed by atoms with van der Waals surface area (Å²) in [5.74, 6) is -0.826. The Morgan fingerprint density at radius 3 is 2.48 bits per heavy atom. The molecule has 2 aromatic rings. The van der Waals surface area contributed by atoms with Gasteiger partial charge in [-0.05, 0) is 30.7 Å². The van der Waals surface area contributed by atoms with Crippen LogP contribution in [0.25, 0.3) is 0 Å². The van der Waals surface area contributed by atoms with Crippen LogP contribution in [-0.4, -0.2) is 42.1 Å². The molecule has 2 aromatic carbocycles. The smallest absolute Gasteiger partial charge is 0.308 e. The quantitative estimate of drug-likeness (QED) is 0.875. The molecular weight excluding hydrogens is 320 g/mol. The van der Waals surface area contributed by atoms with Crippen molar-refractivity contribution in [1.29, 1.82) is 0 Å². The first-order chi connectivity index (χ1) is 12.1. The molecule has 1 fully saturated rings. The highest BCUT2D eigenvalue weighted by Gasteiger charge is 2.32. The molecule has 0 spiro atoms. The normalized spacial score (nSPS) is 16.5. The molecule has 1 aliphatic heterocycles. The molecule has 6 heteroatoms. The van der Waals surface area contributed by atoms with Gasteiger partial charge in [-0.1, -0.05) is 24.3 Å². The van der Waals surface area contributed by atoms with E-state index >= 15 is 0 Å². The second kappa shape index (κ2) is 7.25. The molecule has 0 saturated carbocycles. The van der Waals surface area contributed by atoms with Gasteiger partial charge in [-0.15, -0.1) is 0 Å². The third-order valence-electron chi connectivity index (χ3n) is 4.36. The van der Waals surface area contributed by atoms with E-state index in [1.807, 2.05) is 36.4 Å². The summed E-state index contributed by atoms with van der Waals surface area (Å²) < 4.78 is 5.33. The van der Waals surface area contributed by atoms with Crippen LogP contribution in [0.4, 0.5) is 11.4 Å². The van der Waals surface area contributed by atoms with E-state index in [1.54, 1.807) is 24.1 Å². The van der Waals surface area contributed by atoms with Gasteiger partial charge < -0.3 is 20.1 Å². The minimum Gasteiger partial charge on any atom is -0.495 e. The second-order valence-corrected chi connectivity index (χ2v) is 5.95. The van der Waals surface area contributed by atoms with Crippen LogP contribution < -0.4 is 10.1 Å². The monoisotopic (exact) mass is 340 g/mol. The minimum atomic E-state index is -0.851. The van der Waals surface area contributed by atoms with Crippen molar-refractivity contribution in [3.8, 4) is 5.75 Å². The molecule has 25 heavy (non-hydrogen) atoms. The minimum absolute atomic E-state index is 0.165. The van der Waals surface area contributed by atoms with Crippen LogP contribution in [0.15, 0.2) is 48.5 Å². The van der Waals surface area contributed by atoms with Gasteiger partial charge in [0.2, 0.25) is 0 Å². The molecule has 130 valence electrons. The van der Waals surface area contributed by atoms with Crippen molar-refractivity contribution in [3.63, 3.8) is 0 Å². The van der Waals surface area contributed by atoms with Crippen LogP contribution >= 0.6 is 0 Å². The van der Waals surface area contributed by atoms with Gasteiger partial charge in [0.15, 0.2) is 0 Å². The van der Waals surface area contributed by atoms with Crippen molar-refractivity contribution in [3.05, 3.63) is 54.1 Å². The molecule has 1 saturated heterocycles. The topological polar surface area (TPSA) is 78.9 Å². The zero-order valence-corrected chi connectivity index (χ0v) is 13.9. The Morgan fingerprint density at radius 2 is 1.80 bits per heavy atom. The van der Waals surface area contributed by atoms with E-state index < -0.39 is 11.9 Å². The van der Waals surface area contributed by atoms with Gasteiger partial charge in [0, 0.05) is 13.1 Å². The molecule has 0 aromatic heterocycles. The highest BCUT2D eigenvalue weighted by Crippen LogP contribution is 2.30. The molecule has 0 bridgehead atoms. The third-order valence-corrected chi connectivity index (χ3v) is 4.36. The van der Waals surface area contributed by atoms with Crippen molar-refractivity contribution in [1.82, 2.24) is 4.90 Å². The highest BCUT2D eigenvalue weighted by molar-refractivity contribution is 6.00. The molecule has 1 atom stereocenters. The lowest BCUT2D eigenvalue weighted by molar-refractivity contribution is -0.141. The lowest BCUT2D eigenvalue weighted by Crippen LogP contribution is -2.30. The average Bonchev–Trinajstić information content (AvgIpc) is 3.12. The first-order valence-electron chi connectivity index (χ1n) is 8.11. The Hall–Kier alpha value is -3.02. The van der Waals surface area contributed by atoms with Crippen molar-refractivity contribution < 1.29 is 19.4 Å². The summed E-state index contributed by atoms with van der Waals surface area (Å²) in [5, 5.41) is 12.4. The predicted octanol–water partition coefficient (Wildman–Crippen LogP) is 2.99. The summed E-state index contributed by atoms with van der Waals surface area (Å²) in [6.45, 7) is 0.704. The van der Waals surface area contributed by atoms with Gasteiger partial charge in [0.05, 0.1) is 30.0 Å². The van der Waals surface area contributed by atoms with Crippen molar-refractivity contribution in [2.24, 2.45) is 5.92 Å². The van der Waals surface area contributed by atoms with E-state index in [9.17, 15) is 9.59 Å². The number of nitrogens with zero attached hydrogens (tertiary/aromatic N) is 1. The number of carboxylic acid groups (broad SMARTS) is 1. The van der Waals surface area contributed by atoms with E-state index in [0.717, 1.165) is 5.69 Å². The fourth-order valence-electron chi connectivity index (χ4n) is 2.99. The van der Waals surface area contributed by atoms with E-state index in [-0.39, 0.29) is 12.5 Å². The summed E-state index contributed by atoms with van der Waals surface area (Å²) in [6, 6.07) is 14.7. The number of benzene rings is 2. The first kappa shape index (κ1) is 16.8. The Morgan fingerprint density at radius 1 is 1.12 bits per heavy atom. The Kier molecular flexibility index (Phi) is 4.88. The number of methoxy groups -OCH3 is 1. The van der Waals surface area contributed by atoms with Crippen molar-refractivity contribution in [2.45, 2.75) is 6.42 Å². The zero-order valence-electron chi connectivity index (χ0n) is 13.9. The van der Waals surface area contributed by atoms with Gasteiger partial charge in [0.1, 0.15) is 5.75 Å². The molecule has 1 heterocycles. The third kappa shape index (κ3) is 3.57. The van der Waals surface area contributed by atoms with Gasteiger partial charge >= 0.3 is 5.97 Å². The molecule has 6 nitrogen and oxygen atoms in total. The summed E-state index contributed by atoms with van der Waals surface area (Å²) >= 11 is 0. The van der Waals surface area contributed by atoms with Crippen LogP contribution in [-0.2, 0) is 4.79 Å². The molecule has 0 radical (unpaired) electrons. The largest absolute Gasteiger partial charge is 0.495 e. The van der Waals surface area contributed by atoms with Gasteiger partial charge in [-0.25, -0.2) is 0 Å². The fraction of sp³-hybridized carbons (Fsp3) is 0.263. The summed E-state index contributed by atoms with van der Waals surface area (Å²) in [6.07, 6.45) is 0.489. The number of anilines is 2. The number of aliphatic carboxylic acids is 1. The summed E-state index contributed by atoms with van der Waals surface area (Å²) in [7, 11) is 1.59. The van der Waals surface area contributed by atoms with Gasteiger partial charge in [-0.3, -0.25) is 9.59 Å². The van der Waals surface area contributed by atoms with E-state index in [1.165, 1.54) is 0 Å². The maximum Gasteiger partial charge on any atom is 0.308 e. The molecular formula is C19H20N2O4. The zero-order chi connectivity index (χ0) is 17.8. The van der Waals surface area contributed by atoms with Crippen LogP contribution in [0.5, 0.6) is 5.75 Å². The average molecular weight is 340 g/mol. The number of hydrogen-bond donors (Lipinski definition) is 2. The second-order valence-electron chi connectivity index (χ2n) is 5.95. The molecule has 1 unspecified atom stereocenters. The number of carbonyl (C=O) groups is 2. The van der Waals surface area contributed by atoms with Gasteiger partial charge in [-0.2, -0.15) is 0 Å². The van der Waals surface area contributed by atoms with E-state index in [2.05, 4.69) is 5.32 Å². The number of carboxylic acids is 1. The number of likely N-dealkylation sites (tertiary alicyclic amines) is 1. The lowest BCUT2D eigenvalue weighted by atomic mass is 10.1. The maximum absolute atomic E-state index is 12.8. The van der Waals surface area contributed by atoms with Crippen molar-refractivity contribution in [2.75, 3.05) is 25.5 Å². The molecule has 1 aliphatic rings. The number of amides is 1. The number of hydrogen-bond acceptors (Lipinski definition) is 4. The number of nitrogens with one attached hydrogen (secondary N) is 1. The molecule has 0 aliphatic carbocycles. The summed E-state index contributed by atoms with van der Waals surface area (Å²) in [4.78, 5) is 25.6. The SMILES string of the molecule is COc1ccccc1Nc1ccccc1C(=O)N1CCC(C(=O)O)C1. The lowest BCUT2D eigenvalue weighted by Gasteiger charge is -2.19. The molecule has 1 amide bonds. The number of para-hydroxylation sites is 3. The Balaban J connectivity index is 1.84. The predicted molar refractivity (Wildman–Crippen MR) is 94.4 cm³/mol. The van der Waals surface area contributed by atoms with E-state index in [0.29, 0.717) is 30.0 Å². The van der Waals surface area contributed by atoms with Crippen LogP contribution in [0.3, 0.4) is 0 Å². The highest BCUT2D eigenvalue weighted by atomic mass is 16.5. The Labute approximate surface area is 146 Å². The number of ether oxygens (including phenoxy) is 1. The van der Waals surface area contributed by atoms with Crippen LogP contribution in [0.1, 0.15) is 16.8 Å². The van der Waals surface area contributed by atoms with E-state index in [4.69, 9.17) is 9.84 Å². The standard InChI is InChI=1S/C19H20N2O4/c1-25-17-9-5-4-8-16(17)20-15-7-3-2-6-14(15)18(22)21-11-10-13(12-21)19(23)24/h2-9,13,20H,10-12H2,1H3,(H,23,24). The number of rotatable bonds is 5. The summed E-state index contributed by atoms with van der Waals surface area (Å²) in [5.41, 5.74) is 1.94. The molecule has 3 rings (SSSR count). The number of carbonyl (C=O) groups excluding carboxylic acids is 1. The maximum atomic E-state index is 12.8. The van der Waals surface area contributed by atoms with Crippen LogP contribution in [0.2, 0.25) is 0 Å². The van der Waals surface area contributed by atoms with Gasteiger partial charge in [0.25, 0.3) is 5.91 Å². The van der Waals surface area contributed by atoms with Crippen molar-refractivity contribution >= 4 is 23.3 Å². The fourth-order valence-corrected chi connectivity index (χ4v) is 2.99. The first-order valence-corrected chi connectivity index (χ1v) is 8.11. The molecule has 2 N–H and O–H groups in total. The van der Waals surface area contributed by atoms with Crippen LogP contribution in [0, 0.1) is 5.92 Å².